The molecule has 0 saturated heterocycles. The van der Waals surface area contributed by atoms with Crippen LogP contribution in [-0.4, -0.2) is 33.6 Å². The topological polar surface area (TPSA) is 95.1 Å². The number of thioether (sulfide) groups is 1. The van der Waals surface area contributed by atoms with E-state index >= 15 is 0 Å². The molecule has 0 fully saturated rings. The molecule has 7 nitrogen and oxygen atoms in total. The first-order chi connectivity index (χ1) is 13.0. The number of hydrogen-bond donors (Lipinski definition) is 2. The molecule has 0 spiro atoms. The maximum Gasteiger partial charge on any atom is 0.234 e. The molecular formula is C18H18ClN5O2S. The number of nitrogens with one attached hydrogen (secondary N) is 1. The fourth-order valence-electron chi connectivity index (χ4n) is 2.43. The van der Waals surface area contributed by atoms with Crippen LogP contribution in [0.15, 0.2) is 47.6 Å². The molecule has 0 aliphatic rings. The number of methoxy groups -OCH3 is 1. The van der Waals surface area contributed by atoms with E-state index in [2.05, 4.69) is 15.5 Å². The van der Waals surface area contributed by atoms with Crippen molar-refractivity contribution in [1.29, 1.82) is 0 Å². The summed E-state index contributed by atoms with van der Waals surface area (Å²) in [6.45, 7) is 1.90. The van der Waals surface area contributed by atoms with Gasteiger partial charge in [0.15, 0.2) is 5.82 Å². The maximum atomic E-state index is 12.2. The fourth-order valence-corrected chi connectivity index (χ4v) is 3.26. The minimum atomic E-state index is -0.188. The van der Waals surface area contributed by atoms with Crippen molar-refractivity contribution >= 4 is 35.0 Å². The first kappa shape index (κ1) is 19.1. The predicted octanol–water partition coefficient (Wildman–Crippen LogP) is 3.36. The highest BCUT2D eigenvalue weighted by Gasteiger charge is 2.17. The van der Waals surface area contributed by atoms with Gasteiger partial charge in [-0.15, -0.1) is 10.2 Å². The molecule has 0 bridgehead atoms. The summed E-state index contributed by atoms with van der Waals surface area (Å²) >= 11 is 7.17. The zero-order chi connectivity index (χ0) is 19.4. The Morgan fingerprint density at radius 1 is 1.30 bits per heavy atom. The monoisotopic (exact) mass is 403 g/mol. The van der Waals surface area contributed by atoms with Crippen molar-refractivity contribution in [1.82, 2.24) is 14.9 Å². The van der Waals surface area contributed by atoms with Crippen LogP contribution in [0.5, 0.6) is 5.75 Å². The Balaban J connectivity index is 1.69. The zero-order valence-electron chi connectivity index (χ0n) is 14.8. The average molecular weight is 404 g/mol. The number of rotatable bonds is 6. The highest BCUT2D eigenvalue weighted by atomic mass is 35.5. The number of nitrogens with zero attached hydrogens (tertiary/aromatic N) is 3. The molecule has 1 heterocycles. The summed E-state index contributed by atoms with van der Waals surface area (Å²) in [6, 6.07) is 12.7. The number of nitrogen functional groups attached to an aromatic ring is 1. The number of para-hydroxylation sites is 1. The second-order valence-corrected chi connectivity index (χ2v) is 7.05. The predicted molar refractivity (Wildman–Crippen MR) is 108 cm³/mol. The van der Waals surface area contributed by atoms with E-state index in [0.29, 0.717) is 27.4 Å². The number of hydrogen-bond acceptors (Lipinski definition) is 6. The van der Waals surface area contributed by atoms with Crippen LogP contribution < -0.4 is 15.9 Å². The van der Waals surface area contributed by atoms with Gasteiger partial charge in [0.05, 0.1) is 18.4 Å². The summed E-state index contributed by atoms with van der Waals surface area (Å²) in [5.74, 6) is 7.15. The van der Waals surface area contributed by atoms with Crippen molar-refractivity contribution in [2.75, 3.05) is 24.0 Å². The molecule has 0 aliphatic carbocycles. The summed E-state index contributed by atoms with van der Waals surface area (Å²) in [5.41, 5.74) is 2.33. The Bertz CT molecular complexity index is 976. The van der Waals surface area contributed by atoms with Gasteiger partial charge in [-0.25, -0.2) is 4.68 Å². The summed E-state index contributed by atoms with van der Waals surface area (Å²) in [5, 5.41) is 12.0. The van der Waals surface area contributed by atoms with E-state index in [1.165, 1.54) is 16.4 Å². The Morgan fingerprint density at radius 3 is 2.85 bits per heavy atom. The van der Waals surface area contributed by atoms with Gasteiger partial charge >= 0.3 is 0 Å². The normalized spacial score (nSPS) is 10.6. The average Bonchev–Trinajstić information content (AvgIpc) is 3.03. The Labute approximate surface area is 165 Å². The van der Waals surface area contributed by atoms with E-state index in [1.54, 1.807) is 19.2 Å². The largest absolute Gasteiger partial charge is 0.496 e. The second-order valence-electron chi connectivity index (χ2n) is 5.67. The van der Waals surface area contributed by atoms with Crippen LogP contribution in [-0.2, 0) is 4.79 Å². The lowest BCUT2D eigenvalue weighted by molar-refractivity contribution is -0.113. The lowest BCUT2D eigenvalue weighted by atomic mass is 10.2. The highest BCUT2D eigenvalue weighted by Crippen LogP contribution is 2.29. The van der Waals surface area contributed by atoms with Crippen LogP contribution in [0.2, 0.25) is 5.02 Å². The third kappa shape index (κ3) is 4.35. The Kier molecular flexibility index (Phi) is 5.88. The van der Waals surface area contributed by atoms with E-state index in [4.69, 9.17) is 22.2 Å². The number of amides is 1. The van der Waals surface area contributed by atoms with Gasteiger partial charge in [0, 0.05) is 10.7 Å². The molecule has 0 unspecified atom stereocenters. The van der Waals surface area contributed by atoms with Gasteiger partial charge in [-0.2, -0.15) is 0 Å². The molecule has 9 heteroatoms. The second kappa shape index (κ2) is 8.32. The number of ether oxygens (including phenoxy) is 1. The number of carbonyl (C=O) groups is 1. The number of aromatic nitrogens is 3. The lowest BCUT2D eigenvalue weighted by Gasteiger charge is -2.09. The molecular weight excluding hydrogens is 386 g/mol. The van der Waals surface area contributed by atoms with Crippen LogP contribution in [0.1, 0.15) is 5.56 Å². The summed E-state index contributed by atoms with van der Waals surface area (Å²) in [6.07, 6.45) is 0. The first-order valence-electron chi connectivity index (χ1n) is 8.02. The number of halogens is 1. The van der Waals surface area contributed by atoms with E-state index in [1.807, 2.05) is 37.3 Å². The smallest absolute Gasteiger partial charge is 0.234 e. The zero-order valence-corrected chi connectivity index (χ0v) is 16.3. The van der Waals surface area contributed by atoms with Gasteiger partial charge in [0.1, 0.15) is 5.75 Å². The summed E-state index contributed by atoms with van der Waals surface area (Å²) in [7, 11) is 1.58. The third-order valence-corrected chi connectivity index (χ3v) is 5.00. The molecule has 1 amide bonds. The number of aryl methyl sites for hydroxylation is 1. The van der Waals surface area contributed by atoms with Crippen LogP contribution in [0.25, 0.3) is 11.4 Å². The van der Waals surface area contributed by atoms with Gasteiger partial charge in [0.2, 0.25) is 11.1 Å². The Morgan fingerprint density at radius 2 is 2.07 bits per heavy atom. The number of anilines is 1. The van der Waals surface area contributed by atoms with Gasteiger partial charge < -0.3 is 15.9 Å². The molecule has 0 aliphatic heterocycles. The number of carbonyl (C=O) groups excluding carboxylic acids is 1. The minimum absolute atomic E-state index is 0.132. The lowest BCUT2D eigenvalue weighted by Crippen LogP contribution is -2.17. The van der Waals surface area contributed by atoms with E-state index in [0.717, 1.165) is 11.1 Å². The summed E-state index contributed by atoms with van der Waals surface area (Å²) < 4.78 is 6.68. The van der Waals surface area contributed by atoms with Crippen molar-refractivity contribution in [2.45, 2.75) is 12.1 Å². The van der Waals surface area contributed by atoms with Crippen molar-refractivity contribution in [3.63, 3.8) is 0 Å². The number of benzene rings is 2. The minimum Gasteiger partial charge on any atom is -0.496 e. The van der Waals surface area contributed by atoms with Crippen LogP contribution >= 0.6 is 23.4 Å². The first-order valence-corrected chi connectivity index (χ1v) is 9.38. The van der Waals surface area contributed by atoms with Gasteiger partial charge in [-0.3, -0.25) is 4.79 Å². The molecule has 3 aromatic rings. The molecule has 0 atom stereocenters. The van der Waals surface area contributed by atoms with Crippen LogP contribution in [0.4, 0.5) is 5.69 Å². The molecule has 0 saturated carbocycles. The molecule has 27 heavy (non-hydrogen) atoms. The summed E-state index contributed by atoms with van der Waals surface area (Å²) in [4.78, 5) is 12.2. The van der Waals surface area contributed by atoms with E-state index in [-0.39, 0.29) is 11.7 Å². The molecule has 3 N–H and O–H groups in total. The highest BCUT2D eigenvalue weighted by molar-refractivity contribution is 7.99. The fraction of sp³-hybridized carbons (Fsp3) is 0.167. The van der Waals surface area contributed by atoms with Crippen molar-refractivity contribution in [2.24, 2.45) is 0 Å². The quantitative estimate of drug-likeness (QED) is 0.484. The SMILES string of the molecule is COc1ccccc1-c1nnc(SCC(=O)Nc2cc(Cl)ccc2C)n1N. The van der Waals surface area contributed by atoms with Crippen molar-refractivity contribution in [3.8, 4) is 17.1 Å². The molecule has 1 aromatic heterocycles. The molecule has 140 valence electrons. The number of nitrogens with two attached hydrogens (primary N) is 1. The van der Waals surface area contributed by atoms with Gasteiger partial charge in [-0.1, -0.05) is 41.6 Å². The van der Waals surface area contributed by atoms with Crippen LogP contribution in [0, 0.1) is 6.92 Å². The molecule has 3 rings (SSSR count). The van der Waals surface area contributed by atoms with Gasteiger partial charge in [0.25, 0.3) is 0 Å². The van der Waals surface area contributed by atoms with Crippen molar-refractivity contribution in [3.05, 3.63) is 53.1 Å². The standard InChI is InChI=1S/C18H18ClN5O2S/c1-11-7-8-12(19)9-14(11)21-16(25)10-27-18-23-22-17(24(18)20)13-5-3-4-6-15(13)26-2/h3-9H,10,20H2,1-2H3,(H,21,25). The molecule has 0 radical (unpaired) electrons. The van der Waals surface area contributed by atoms with Crippen LogP contribution in [0.3, 0.4) is 0 Å². The van der Waals surface area contributed by atoms with E-state index in [9.17, 15) is 4.79 Å². The third-order valence-electron chi connectivity index (χ3n) is 3.82. The maximum absolute atomic E-state index is 12.2. The van der Waals surface area contributed by atoms with Gasteiger partial charge in [-0.05, 0) is 36.8 Å². The van der Waals surface area contributed by atoms with Crippen molar-refractivity contribution < 1.29 is 9.53 Å². The van der Waals surface area contributed by atoms with E-state index < -0.39 is 0 Å². The molecule has 2 aromatic carbocycles. The Hall–Kier alpha value is -2.71.